The van der Waals surface area contributed by atoms with E-state index in [0.29, 0.717) is 5.56 Å². The highest BCUT2D eigenvalue weighted by Crippen LogP contribution is 2.56. The van der Waals surface area contributed by atoms with Crippen molar-refractivity contribution in [1.82, 2.24) is 4.90 Å². The van der Waals surface area contributed by atoms with E-state index in [-0.39, 0.29) is 6.04 Å². The number of rotatable bonds is 2. The molecule has 1 fully saturated rings. The van der Waals surface area contributed by atoms with Crippen molar-refractivity contribution in [3.8, 4) is 0 Å². The van der Waals surface area contributed by atoms with E-state index in [1.54, 1.807) is 38.1 Å². The molecule has 2 rings (SSSR count). The molecule has 0 aliphatic carbocycles. The second-order valence-corrected chi connectivity index (χ2v) is 3.90. The molecule has 1 heterocycles. The first-order chi connectivity index (χ1) is 6.55. The molecule has 2 atom stereocenters. The molecule has 76 valence electrons. The topological polar surface area (TPSA) is 3.01 Å². The van der Waals surface area contributed by atoms with Crippen LogP contribution in [0.25, 0.3) is 0 Å². The van der Waals surface area contributed by atoms with E-state index >= 15 is 0 Å². The first-order valence-electron chi connectivity index (χ1n) is 4.76. The zero-order valence-electron chi connectivity index (χ0n) is 8.24. The number of hydrogen-bond acceptors (Lipinski definition) is 1. The molecule has 1 aromatic carbocycles. The summed E-state index contributed by atoms with van der Waals surface area (Å²) in [6.45, 7) is 3.58. The normalized spacial score (nSPS) is 29.2. The summed E-state index contributed by atoms with van der Waals surface area (Å²) in [5.74, 6) is 0. The molecule has 1 aliphatic rings. The SMILES string of the molecule is CC(C)N1C(c2ccccc2)C1(F)F. The lowest BCUT2D eigenvalue weighted by Crippen LogP contribution is -2.14. The monoisotopic (exact) mass is 197 g/mol. The van der Waals surface area contributed by atoms with Gasteiger partial charge in [-0.1, -0.05) is 30.3 Å². The van der Waals surface area contributed by atoms with E-state index in [1.807, 2.05) is 6.07 Å². The molecule has 1 aliphatic heterocycles. The summed E-state index contributed by atoms with van der Waals surface area (Å²) in [6, 6.07) is 5.44. The molecule has 0 radical (unpaired) electrons. The second kappa shape index (κ2) is 3.02. The van der Waals surface area contributed by atoms with Crippen LogP contribution in [0.5, 0.6) is 0 Å². The highest BCUT2D eigenvalue weighted by atomic mass is 19.3. The van der Waals surface area contributed by atoms with Crippen LogP contribution in [0, 0.1) is 0 Å². The van der Waals surface area contributed by atoms with Gasteiger partial charge in [-0.2, -0.15) is 8.78 Å². The van der Waals surface area contributed by atoms with Crippen molar-refractivity contribution >= 4 is 0 Å². The quantitative estimate of drug-likeness (QED) is 0.520. The first kappa shape index (κ1) is 9.59. The van der Waals surface area contributed by atoms with E-state index in [4.69, 9.17) is 0 Å². The summed E-state index contributed by atoms with van der Waals surface area (Å²) < 4.78 is 26.6. The Morgan fingerprint density at radius 2 is 1.79 bits per heavy atom. The van der Waals surface area contributed by atoms with Gasteiger partial charge in [0.15, 0.2) is 0 Å². The average Bonchev–Trinajstić information content (AvgIpc) is 2.71. The standard InChI is InChI=1S/C11H13F2N/c1-8(2)14-10(11(14,12)13)9-6-4-3-5-7-9/h3-8,10H,1-2H3. The highest BCUT2D eigenvalue weighted by Gasteiger charge is 2.67. The van der Waals surface area contributed by atoms with Gasteiger partial charge in [0.1, 0.15) is 6.04 Å². The molecule has 0 saturated carbocycles. The largest absolute Gasteiger partial charge is 0.325 e. The van der Waals surface area contributed by atoms with E-state index in [2.05, 4.69) is 0 Å². The Balaban J connectivity index is 2.23. The predicted octanol–water partition coefficient (Wildman–Crippen LogP) is 3.04. The Hall–Kier alpha value is -0.960. The lowest BCUT2D eigenvalue weighted by atomic mass is 10.1. The minimum atomic E-state index is -2.66. The zero-order valence-corrected chi connectivity index (χ0v) is 8.24. The molecule has 0 spiro atoms. The van der Waals surface area contributed by atoms with Gasteiger partial charge in [0.2, 0.25) is 0 Å². The molecular weight excluding hydrogens is 184 g/mol. The van der Waals surface area contributed by atoms with Crippen LogP contribution in [0.2, 0.25) is 0 Å². The van der Waals surface area contributed by atoms with Crippen LogP contribution in [0.3, 0.4) is 0 Å². The lowest BCUT2D eigenvalue weighted by molar-refractivity contribution is 0.0408. The predicted molar refractivity (Wildman–Crippen MR) is 51.1 cm³/mol. The fourth-order valence-corrected chi connectivity index (χ4v) is 1.90. The third kappa shape index (κ3) is 1.32. The van der Waals surface area contributed by atoms with Crippen LogP contribution < -0.4 is 0 Å². The summed E-state index contributed by atoms with van der Waals surface area (Å²) in [6.07, 6.45) is 0. The second-order valence-electron chi connectivity index (χ2n) is 3.90. The van der Waals surface area contributed by atoms with Gasteiger partial charge in [-0.15, -0.1) is 0 Å². The number of nitrogens with zero attached hydrogens (tertiary/aromatic N) is 1. The number of hydrogen-bond donors (Lipinski definition) is 0. The molecule has 2 unspecified atom stereocenters. The maximum absolute atomic E-state index is 13.3. The van der Waals surface area contributed by atoms with E-state index in [9.17, 15) is 8.78 Å². The molecule has 1 aromatic rings. The number of benzene rings is 1. The molecular formula is C11H13F2N. The Labute approximate surface area is 82.3 Å². The summed E-state index contributed by atoms with van der Waals surface area (Å²) in [7, 11) is 0. The van der Waals surface area contributed by atoms with Gasteiger partial charge >= 0.3 is 6.05 Å². The smallest absolute Gasteiger partial charge is 0.226 e. The maximum Gasteiger partial charge on any atom is 0.325 e. The zero-order chi connectivity index (χ0) is 10.3. The van der Waals surface area contributed by atoms with Crippen LogP contribution in [0.4, 0.5) is 8.78 Å². The van der Waals surface area contributed by atoms with Crippen LogP contribution in [0.15, 0.2) is 30.3 Å². The van der Waals surface area contributed by atoms with Gasteiger partial charge in [0.25, 0.3) is 0 Å². The molecule has 0 aromatic heterocycles. The Morgan fingerprint density at radius 3 is 2.21 bits per heavy atom. The van der Waals surface area contributed by atoms with Crippen LogP contribution in [-0.2, 0) is 0 Å². The van der Waals surface area contributed by atoms with Crippen molar-refractivity contribution in [2.75, 3.05) is 0 Å². The molecule has 1 saturated heterocycles. The fourth-order valence-electron chi connectivity index (χ4n) is 1.90. The number of halogens is 2. The van der Waals surface area contributed by atoms with E-state index in [1.165, 1.54) is 4.90 Å². The summed E-state index contributed by atoms with van der Waals surface area (Å²) in [5.41, 5.74) is 0.700. The van der Waals surface area contributed by atoms with Crippen LogP contribution >= 0.6 is 0 Å². The Morgan fingerprint density at radius 1 is 1.21 bits per heavy atom. The van der Waals surface area contributed by atoms with Crippen molar-refractivity contribution in [1.29, 1.82) is 0 Å². The van der Waals surface area contributed by atoms with Gasteiger partial charge < -0.3 is 0 Å². The van der Waals surface area contributed by atoms with Crippen molar-refractivity contribution in [2.24, 2.45) is 0 Å². The van der Waals surface area contributed by atoms with Crippen molar-refractivity contribution in [3.05, 3.63) is 35.9 Å². The highest BCUT2D eigenvalue weighted by molar-refractivity contribution is 5.27. The van der Waals surface area contributed by atoms with Crippen molar-refractivity contribution in [3.63, 3.8) is 0 Å². The van der Waals surface area contributed by atoms with Crippen molar-refractivity contribution < 1.29 is 8.78 Å². The van der Waals surface area contributed by atoms with Gasteiger partial charge in [-0.25, -0.2) is 4.90 Å². The lowest BCUT2D eigenvalue weighted by Gasteiger charge is -2.05. The maximum atomic E-state index is 13.3. The summed E-state index contributed by atoms with van der Waals surface area (Å²) >= 11 is 0. The van der Waals surface area contributed by atoms with Crippen molar-refractivity contribution in [2.45, 2.75) is 32.0 Å². The van der Waals surface area contributed by atoms with Crippen LogP contribution in [0.1, 0.15) is 25.5 Å². The molecule has 0 amide bonds. The fraction of sp³-hybridized carbons (Fsp3) is 0.455. The average molecular weight is 197 g/mol. The van der Waals surface area contributed by atoms with Gasteiger partial charge in [0, 0.05) is 6.04 Å². The van der Waals surface area contributed by atoms with Gasteiger partial charge in [-0.05, 0) is 19.4 Å². The van der Waals surface area contributed by atoms with E-state index in [0.717, 1.165) is 0 Å². The Kier molecular flexibility index (Phi) is 2.07. The Bertz CT molecular complexity index is 321. The third-order valence-corrected chi connectivity index (χ3v) is 2.56. The molecule has 0 N–H and O–H groups in total. The van der Waals surface area contributed by atoms with Gasteiger partial charge in [0.05, 0.1) is 0 Å². The number of alkyl halides is 2. The minimum Gasteiger partial charge on any atom is -0.226 e. The molecule has 3 heteroatoms. The molecule has 14 heavy (non-hydrogen) atoms. The summed E-state index contributed by atoms with van der Waals surface area (Å²) in [4.78, 5) is 1.22. The summed E-state index contributed by atoms with van der Waals surface area (Å²) in [5, 5.41) is 0. The third-order valence-electron chi connectivity index (χ3n) is 2.56. The van der Waals surface area contributed by atoms with E-state index < -0.39 is 12.1 Å². The first-order valence-corrected chi connectivity index (χ1v) is 4.76. The molecule has 0 bridgehead atoms. The molecule has 1 nitrogen and oxygen atoms in total. The minimum absolute atomic E-state index is 0.116. The van der Waals surface area contributed by atoms with Gasteiger partial charge in [-0.3, -0.25) is 0 Å². The van der Waals surface area contributed by atoms with Crippen LogP contribution in [-0.4, -0.2) is 17.0 Å².